The fraction of sp³-hybridized carbons (Fsp3) is 0.261. The Labute approximate surface area is 184 Å². The lowest BCUT2D eigenvalue weighted by Crippen LogP contribution is -2.26. The Kier molecular flexibility index (Phi) is 6.59. The number of piperidine rings is 1. The Morgan fingerprint density at radius 3 is 2.48 bits per heavy atom. The number of ether oxygens (including phenoxy) is 1. The highest BCUT2D eigenvalue weighted by atomic mass is 32.1. The Hall–Kier alpha value is -3.23. The first-order chi connectivity index (χ1) is 15.1. The normalized spacial score (nSPS) is 14.2. The third-order valence-corrected chi connectivity index (χ3v) is 6.28. The van der Waals surface area contributed by atoms with E-state index in [4.69, 9.17) is 14.8 Å². The number of carboxylic acid groups (broad SMARTS) is 1. The lowest BCUT2D eigenvalue weighted by Gasteiger charge is -2.20. The van der Waals surface area contributed by atoms with Crippen LogP contribution < -0.4 is 15.4 Å². The van der Waals surface area contributed by atoms with Gasteiger partial charge in [-0.05, 0) is 50.2 Å². The predicted octanol–water partition coefficient (Wildman–Crippen LogP) is 3.99. The van der Waals surface area contributed by atoms with Crippen LogP contribution in [0.3, 0.4) is 0 Å². The Morgan fingerprint density at radius 1 is 1.10 bits per heavy atom. The summed E-state index contributed by atoms with van der Waals surface area (Å²) in [4.78, 5) is 29.2. The summed E-state index contributed by atoms with van der Waals surface area (Å²) in [7, 11) is 0. The molecule has 1 amide bonds. The molecular formula is C23H23N3O4S. The molecule has 3 aromatic rings. The van der Waals surface area contributed by atoms with E-state index >= 15 is 0 Å². The highest BCUT2D eigenvalue weighted by Gasteiger charge is 2.25. The Bertz CT molecular complexity index is 1040. The summed E-state index contributed by atoms with van der Waals surface area (Å²) >= 11 is 1.46. The molecule has 1 aromatic heterocycles. The van der Waals surface area contributed by atoms with Gasteiger partial charge < -0.3 is 20.5 Å². The monoisotopic (exact) mass is 437 g/mol. The van der Waals surface area contributed by atoms with E-state index in [1.54, 1.807) is 24.3 Å². The molecule has 0 atom stereocenters. The molecule has 4 rings (SSSR count). The minimum atomic E-state index is -1.04. The molecule has 7 nitrogen and oxygen atoms in total. The summed E-state index contributed by atoms with van der Waals surface area (Å²) in [5.74, 6) is -0.464. The molecule has 1 aliphatic rings. The number of amides is 1. The summed E-state index contributed by atoms with van der Waals surface area (Å²) in [5.41, 5.74) is 2.23. The second-order valence-corrected chi connectivity index (χ2v) is 8.31. The first-order valence-corrected chi connectivity index (χ1v) is 10.9. The minimum Gasteiger partial charge on any atom is -0.482 e. The van der Waals surface area contributed by atoms with E-state index < -0.39 is 12.6 Å². The third-order valence-electron chi connectivity index (χ3n) is 5.06. The summed E-state index contributed by atoms with van der Waals surface area (Å²) in [5, 5.41) is 16.0. The number of carbonyl (C=O) groups is 2. The molecule has 31 heavy (non-hydrogen) atoms. The van der Waals surface area contributed by atoms with Crippen molar-refractivity contribution in [3.8, 4) is 17.0 Å². The number of nitrogens with one attached hydrogen (secondary N) is 2. The van der Waals surface area contributed by atoms with Crippen LogP contribution in [0.2, 0.25) is 0 Å². The number of hydrogen-bond donors (Lipinski definition) is 3. The molecule has 160 valence electrons. The van der Waals surface area contributed by atoms with E-state index in [0.717, 1.165) is 36.5 Å². The van der Waals surface area contributed by atoms with Gasteiger partial charge in [-0.1, -0.05) is 30.3 Å². The molecule has 0 bridgehead atoms. The van der Waals surface area contributed by atoms with Crippen molar-refractivity contribution < 1.29 is 19.4 Å². The lowest BCUT2D eigenvalue weighted by atomic mass is 9.99. The van der Waals surface area contributed by atoms with Crippen LogP contribution in [0.15, 0.2) is 54.6 Å². The van der Waals surface area contributed by atoms with Gasteiger partial charge >= 0.3 is 5.97 Å². The van der Waals surface area contributed by atoms with E-state index in [0.29, 0.717) is 27.9 Å². The zero-order valence-electron chi connectivity index (χ0n) is 16.8. The van der Waals surface area contributed by atoms with Crippen LogP contribution in [-0.4, -0.2) is 41.7 Å². The van der Waals surface area contributed by atoms with Gasteiger partial charge in [-0.2, -0.15) is 0 Å². The molecule has 8 heteroatoms. The van der Waals surface area contributed by atoms with Crippen molar-refractivity contribution in [2.75, 3.05) is 25.0 Å². The molecule has 2 aromatic carbocycles. The van der Waals surface area contributed by atoms with Crippen LogP contribution >= 0.6 is 11.3 Å². The number of benzene rings is 2. The SMILES string of the molecule is O=C(O)COc1ccc(NC(=O)c2sc(C3CCNCC3)nc2-c2ccccc2)cc1. The maximum absolute atomic E-state index is 13.1. The molecule has 3 N–H and O–H groups in total. The average molecular weight is 438 g/mol. The predicted molar refractivity (Wildman–Crippen MR) is 120 cm³/mol. The van der Waals surface area contributed by atoms with Crippen molar-refractivity contribution in [2.45, 2.75) is 18.8 Å². The minimum absolute atomic E-state index is 0.212. The highest BCUT2D eigenvalue weighted by Crippen LogP contribution is 2.35. The van der Waals surface area contributed by atoms with Crippen molar-refractivity contribution in [1.82, 2.24) is 10.3 Å². The van der Waals surface area contributed by atoms with E-state index in [9.17, 15) is 9.59 Å². The van der Waals surface area contributed by atoms with Gasteiger partial charge in [-0.25, -0.2) is 9.78 Å². The fourth-order valence-electron chi connectivity index (χ4n) is 3.49. The van der Waals surface area contributed by atoms with E-state index in [1.807, 2.05) is 30.3 Å². The number of nitrogens with zero attached hydrogens (tertiary/aromatic N) is 1. The van der Waals surface area contributed by atoms with Crippen LogP contribution in [0, 0.1) is 0 Å². The molecule has 0 saturated carbocycles. The molecule has 0 unspecified atom stereocenters. The van der Waals surface area contributed by atoms with E-state index in [1.165, 1.54) is 11.3 Å². The van der Waals surface area contributed by atoms with Gasteiger partial charge in [0, 0.05) is 17.2 Å². The average Bonchev–Trinajstić information content (AvgIpc) is 3.25. The first kappa shape index (κ1) is 21.0. The van der Waals surface area contributed by atoms with Gasteiger partial charge in [-0.3, -0.25) is 4.79 Å². The molecule has 0 spiro atoms. The van der Waals surface area contributed by atoms with Crippen molar-refractivity contribution in [3.63, 3.8) is 0 Å². The van der Waals surface area contributed by atoms with Gasteiger partial charge in [0.2, 0.25) is 0 Å². The highest BCUT2D eigenvalue weighted by molar-refractivity contribution is 7.14. The topological polar surface area (TPSA) is 101 Å². The summed E-state index contributed by atoms with van der Waals surface area (Å²) in [6.45, 7) is 1.51. The number of carbonyl (C=O) groups excluding carboxylic acids is 1. The summed E-state index contributed by atoms with van der Waals surface area (Å²) in [6, 6.07) is 16.4. The maximum Gasteiger partial charge on any atom is 0.341 e. The molecule has 0 aliphatic carbocycles. The number of aliphatic carboxylic acids is 1. The molecular weight excluding hydrogens is 414 g/mol. The number of rotatable bonds is 7. The van der Waals surface area contributed by atoms with Crippen LogP contribution in [0.1, 0.15) is 33.4 Å². The number of anilines is 1. The standard InChI is InChI=1S/C23H23N3O4S/c27-19(28)14-30-18-8-6-17(7-9-18)25-22(29)21-20(15-4-2-1-3-5-15)26-23(31-21)16-10-12-24-13-11-16/h1-9,16,24H,10-14H2,(H,25,29)(H,27,28). The quantitative estimate of drug-likeness (QED) is 0.517. The van der Waals surface area contributed by atoms with Gasteiger partial charge in [0.05, 0.1) is 10.7 Å². The molecule has 1 saturated heterocycles. The van der Waals surface area contributed by atoms with E-state index in [-0.39, 0.29) is 5.91 Å². The van der Waals surface area contributed by atoms with Crippen molar-refractivity contribution in [1.29, 1.82) is 0 Å². The van der Waals surface area contributed by atoms with Gasteiger partial charge in [0.25, 0.3) is 5.91 Å². The second-order valence-electron chi connectivity index (χ2n) is 7.28. The van der Waals surface area contributed by atoms with Crippen molar-refractivity contribution in [3.05, 3.63) is 64.5 Å². The number of carboxylic acids is 1. The first-order valence-electron chi connectivity index (χ1n) is 10.1. The van der Waals surface area contributed by atoms with Crippen LogP contribution in [0.4, 0.5) is 5.69 Å². The van der Waals surface area contributed by atoms with Gasteiger partial charge in [0.1, 0.15) is 10.6 Å². The largest absolute Gasteiger partial charge is 0.482 e. The lowest BCUT2D eigenvalue weighted by molar-refractivity contribution is -0.139. The van der Waals surface area contributed by atoms with Crippen LogP contribution in [0.5, 0.6) is 5.75 Å². The molecule has 1 aliphatic heterocycles. The summed E-state index contributed by atoms with van der Waals surface area (Å²) in [6.07, 6.45) is 2.03. The van der Waals surface area contributed by atoms with Crippen LogP contribution in [0.25, 0.3) is 11.3 Å². The van der Waals surface area contributed by atoms with Crippen molar-refractivity contribution >= 4 is 28.9 Å². The van der Waals surface area contributed by atoms with Gasteiger partial charge in [-0.15, -0.1) is 11.3 Å². The Morgan fingerprint density at radius 2 is 1.81 bits per heavy atom. The van der Waals surface area contributed by atoms with E-state index in [2.05, 4.69) is 10.6 Å². The van der Waals surface area contributed by atoms with Gasteiger partial charge in [0.15, 0.2) is 6.61 Å². The third kappa shape index (κ3) is 5.28. The fourth-order valence-corrected chi connectivity index (χ4v) is 4.65. The Balaban J connectivity index is 1.56. The van der Waals surface area contributed by atoms with Crippen LogP contribution in [-0.2, 0) is 4.79 Å². The molecule has 0 radical (unpaired) electrons. The zero-order chi connectivity index (χ0) is 21.6. The number of aromatic nitrogens is 1. The number of hydrogen-bond acceptors (Lipinski definition) is 6. The molecule has 1 fully saturated rings. The summed E-state index contributed by atoms with van der Waals surface area (Å²) < 4.78 is 5.13. The molecule has 2 heterocycles. The van der Waals surface area contributed by atoms with Crippen molar-refractivity contribution in [2.24, 2.45) is 0 Å². The zero-order valence-corrected chi connectivity index (χ0v) is 17.7. The number of thiazole rings is 1. The smallest absolute Gasteiger partial charge is 0.341 e. The second kappa shape index (κ2) is 9.72. The maximum atomic E-state index is 13.1.